The Labute approximate surface area is 93.8 Å². The number of hydrogen-bond donors (Lipinski definition) is 0. The van der Waals surface area contributed by atoms with Crippen molar-refractivity contribution in [3.8, 4) is 0 Å². The van der Waals surface area contributed by atoms with Crippen molar-refractivity contribution in [3.63, 3.8) is 0 Å². The van der Waals surface area contributed by atoms with Gasteiger partial charge in [-0.1, -0.05) is 33.5 Å². The Morgan fingerprint density at radius 1 is 0.857 bits per heavy atom. The predicted molar refractivity (Wildman–Crippen MR) is 59.0 cm³/mol. The van der Waals surface area contributed by atoms with Crippen LogP contribution in [-0.4, -0.2) is 22.5 Å². The third-order valence-corrected chi connectivity index (χ3v) is 1.45. The van der Waals surface area contributed by atoms with Gasteiger partial charge in [0.2, 0.25) is 10.3 Å². The molecule has 0 saturated carbocycles. The Morgan fingerprint density at radius 2 is 1.14 bits per heavy atom. The van der Waals surface area contributed by atoms with Crippen LogP contribution in [-0.2, 0) is 9.68 Å². The Hall–Kier alpha value is -0.480. The largest absolute Gasteiger partial charge is 0.392 e. The Bertz CT molecular complexity index is 203. The molecule has 0 aromatic heterocycles. The molecule has 0 aromatic carbocycles. The Kier molecular flexibility index (Phi) is 6.66. The van der Waals surface area contributed by atoms with Gasteiger partial charge in [0.25, 0.3) is 0 Å². The summed E-state index contributed by atoms with van der Waals surface area (Å²) in [5.74, 6) is 0. The minimum atomic E-state index is -0.0563. The maximum absolute atomic E-state index is 5.64. The van der Waals surface area contributed by atoms with Crippen LogP contribution in [0.25, 0.3) is 0 Å². The normalized spacial score (nSPS) is 13.7. The van der Waals surface area contributed by atoms with Crippen LogP contribution in [0, 0.1) is 0 Å². The first kappa shape index (κ1) is 13.5. The van der Waals surface area contributed by atoms with Gasteiger partial charge in [-0.2, -0.15) is 0 Å². The van der Waals surface area contributed by atoms with Gasteiger partial charge in [0.05, 0.1) is 0 Å². The number of rotatable bonds is 5. The fourth-order valence-electron chi connectivity index (χ4n) is 0.379. The summed E-state index contributed by atoms with van der Waals surface area (Å²) in [5, 5.41) is 7.03. The maximum atomic E-state index is 5.64. The molecule has 0 saturated heterocycles. The zero-order valence-corrected chi connectivity index (χ0v) is 10.1. The van der Waals surface area contributed by atoms with Crippen molar-refractivity contribution in [1.82, 2.24) is 0 Å². The Balaban J connectivity index is 4.15. The summed E-state index contributed by atoms with van der Waals surface area (Å²) >= 11 is 11.3. The lowest BCUT2D eigenvalue weighted by Crippen LogP contribution is -2.06. The second-order valence-electron chi connectivity index (χ2n) is 3.07. The molecule has 14 heavy (non-hydrogen) atoms. The van der Waals surface area contributed by atoms with Gasteiger partial charge in [-0.05, 0) is 27.7 Å². The molecule has 0 rings (SSSR count). The van der Waals surface area contributed by atoms with E-state index in [2.05, 4.69) is 10.3 Å². The van der Waals surface area contributed by atoms with Gasteiger partial charge < -0.3 is 9.68 Å². The van der Waals surface area contributed by atoms with E-state index in [1.54, 1.807) is 0 Å². The third kappa shape index (κ3) is 6.97. The molecular weight excluding hydrogens is 227 g/mol. The maximum Gasteiger partial charge on any atom is 0.209 e. The van der Waals surface area contributed by atoms with E-state index in [-0.39, 0.29) is 22.5 Å². The van der Waals surface area contributed by atoms with E-state index in [0.717, 1.165) is 0 Å². The van der Waals surface area contributed by atoms with Crippen molar-refractivity contribution < 1.29 is 9.68 Å². The van der Waals surface area contributed by atoms with E-state index in [0.29, 0.717) is 0 Å². The minimum Gasteiger partial charge on any atom is -0.392 e. The summed E-state index contributed by atoms with van der Waals surface area (Å²) in [7, 11) is 0. The molecule has 0 spiro atoms. The van der Waals surface area contributed by atoms with Crippen LogP contribution < -0.4 is 0 Å². The second kappa shape index (κ2) is 6.90. The lowest BCUT2D eigenvalue weighted by Gasteiger charge is -2.03. The zero-order chi connectivity index (χ0) is 11.1. The topological polar surface area (TPSA) is 43.2 Å². The molecule has 0 heterocycles. The van der Waals surface area contributed by atoms with Crippen LogP contribution in [0.15, 0.2) is 10.3 Å². The highest BCUT2D eigenvalue weighted by Gasteiger charge is 2.05. The van der Waals surface area contributed by atoms with Gasteiger partial charge >= 0.3 is 0 Å². The molecule has 6 heteroatoms. The fraction of sp³-hybridized carbons (Fsp3) is 0.750. The molecule has 0 aliphatic carbocycles. The van der Waals surface area contributed by atoms with Gasteiger partial charge in [0.15, 0.2) is 0 Å². The molecule has 0 radical (unpaired) electrons. The first-order valence-corrected chi connectivity index (χ1v) is 4.98. The van der Waals surface area contributed by atoms with Crippen LogP contribution in [0.1, 0.15) is 27.7 Å². The summed E-state index contributed by atoms with van der Waals surface area (Å²) in [5.41, 5.74) is 0. The summed E-state index contributed by atoms with van der Waals surface area (Å²) < 4.78 is 0. The second-order valence-corrected chi connectivity index (χ2v) is 3.79. The first-order chi connectivity index (χ1) is 6.43. The summed E-state index contributed by atoms with van der Waals surface area (Å²) in [6, 6.07) is 0. The molecule has 0 unspecified atom stereocenters. The first-order valence-electron chi connectivity index (χ1n) is 4.22. The predicted octanol–water partition coefficient (Wildman–Crippen LogP) is 2.94. The molecule has 0 aliphatic heterocycles. The lowest BCUT2D eigenvalue weighted by atomic mass is 10.5. The van der Waals surface area contributed by atoms with Gasteiger partial charge in [-0.15, -0.1) is 0 Å². The molecule has 0 N–H and O–H groups in total. The summed E-state index contributed by atoms with van der Waals surface area (Å²) in [6.07, 6.45) is -0.113. The van der Waals surface area contributed by atoms with Crippen molar-refractivity contribution >= 4 is 33.5 Å². The van der Waals surface area contributed by atoms with Crippen molar-refractivity contribution in [1.29, 1.82) is 0 Å². The van der Waals surface area contributed by atoms with Gasteiger partial charge in [-0.3, -0.25) is 0 Å². The molecule has 0 fully saturated rings. The standard InChI is InChI=1S/C8H14Cl2N2O2/c1-5(2)13-11-7(9)8(10)12-14-6(3)4/h5-6H,1-4H3. The number of nitrogens with zero attached hydrogens (tertiary/aromatic N) is 2. The number of hydrogen-bond acceptors (Lipinski definition) is 4. The van der Waals surface area contributed by atoms with Crippen molar-refractivity contribution in [3.05, 3.63) is 0 Å². The van der Waals surface area contributed by atoms with E-state index in [1.165, 1.54) is 0 Å². The fourth-order valence-corrected chi connectivity index (χ4v) is 0.527. The van der Waals surface area contributed by atoms with E-state index in [1.807, 2.05) is 27.7 Å². The van der Waals surface area contributed by atoms with Gasteiger partial charge in [0, 0.05) is 0 Å². The van der Waals surface area contributed by atoms with Crippen molar-refractivity contribution in [2.75, 3.05) is 0 Å². The average Bonchev–Trinajstić information content (AvgIpc) is 2.09. The molecule has 82 valence electrons. The third-order valence-electron chi connectivity index (χ3n) is 0.858. The van der Waals surface area contributed by atoms with Gasteiger partial charge in [-0.25, -0.2) is 0 Å². The SMILES string of the molecule is CC(C)ON=C(Cl)C(Cl)=NOC(C)C. The average molecular weight is 241 g/mol. The van der Waals surface area contributed by atoms with Crippen LogP contribution in [0.3, 0.4) is 0 Å². The van der Waals surface area contributed by atoms with E-state index in [9.17, 15) is 0 Å². The molecule has 4 nitrogen and oxygen atoms in total. The minimum absolute atomic E-state index is 0.0268. The summed E-state index contributed by atoms with van der Waals surface area (Å²) in [4.78, 5) is 9.73. The van der Waals surface area contributed by atoms with E-state index >= 15 is 0 Å². The smallest absolute Gasteiger partial charge is 0.209 e. The van der Waals surface area contributed by atoms with E-state index < -0.39 is 0 Å². The highest BCUT2D eigenvalue weighted by molar-refractivity contribution is 7.00. The molecule has 0 amide bonds. The van der Waals surface area contributed by atoms with Crippen LogP contribution in [0.4, 0.5) is 0 Å². The monoisotopic (exact) mass is 240 g/mol. The molecular formula is C8H14Cl2N2O2. The lowest BCUT2D eigenvalue weighted by molar-refractivity contribution is 0.0841. The van der Waals surface area contributed by atoms with Crippen LogP contribution in [0.5, 0.6) is 0 Å². The van der Waals surface area contributed by atoms with Crippen molar-refractivity contribution in [2.24, 2.45) is 10.3 Å². The highest BCUT2D eigenvalue weighted by Crippen LogP contribution is 2.01. The van der Waals surface area contributed by atoms with Crippen LogP contribution in [0.2, 0.25) is 0 Å². The van der Waals surface area contributed by atoms with Crippen LogP contribution >= 0.6 is 23.2 Å². The van der Waals surface area contributed by atoms with Crippen molar-refractivity contribution in [2.45, 2.75) is 39.9 Å². The summed E-state index contributed by atoms with van der Waals surface area (Å²) in [6.45, 7) is 7.29. The zero-order valence-electron chi connectivity index (χ0n) is 8.62. The molecule has 0 aromatic rings. The molecule has 0 bridgehead atoms. The quantitative estimate of drug-likeness (QED) is 0.548. The number of halogens is 2. The van der Waals surface area contributed by atoms with E-state index in [4.69, 9.17) is 32.9 Å². The molecule has 0 aliphatic rings. The highest BCUT2D eigenvalue weighted by atomic mass is 35.5. The van der Waals surface area contributed by atoms with Gasteiger partial charge in [0.1, 0.15) is 12.2 Å². The Morgan fingerprint density at radius 3 is 1.36 bits per heavy atom. The molecule has 0 atom stereocenters. The number of oxime groups is 2.